The number of aromatic nitrogens is 1. The summed E-state index contributed by atoms with van der Waals surface area (Å²) in [5, 5.41) is 0. The van der Waals surface area contributed by atoms with E-state index in [0.29, 0.717) is 6.04 Å². The van der Waals surface area contributed by atoms with Gasteiger partial charge in [-0.2, -0.15) is 0 Å². The van der Waals surface area contributed by atoms with E-state index in [1.54, 1.807) is 16.0 Å². The molecule has 4 fully saturated rings. The summed E-state index contributed by atoms with van der Waals surface area (Å²) in [6.45, 7) is 4.80. The van der Waals surface area contributed by atoms with E-state index in [9.17, 15) is 0 Å². The third kappa shape index (κ3) is 1.90. The SMILES string of the molecule is Cc1ccccc1N1[C@@H](C)c2sc3ccn(C)c3c2C12C1CC3CC(C1)CC2C3. The van der Waals surface area contributed by atoms with Crippen molar-refractivity contribution < 1.29 is 0 Å². The molecule has 5 aliphatic rings. The van der Waals surface area contributed by atoms with E-state index in [0.717, 1.165) is 23.7 Å². The number of nitrogens with zero attached hydrogens (tertiary/aromatic N) is 2. The van der Waals surface area contributed by atoms with E-state index in [-0.39, 0.29) is 5.54 Å². The van der Waals surface area contributed by atoms with Gasteiger partial charge in [0.05, 0.1) is 21.8 Å². The predicted octanol–water partition coefficient (Wildman–Crippen LogP) is 6.78. The smallest absolute Gasteiger partial charge is 0.0749 e. The summed E-state index contributed by atoms with van der Waals surface area (Å²) in [5.74, 6) is 3.61. The molecule has 4 aliphatic carbocycles. The Morgan fingerprint density at radius 2 is 1.66 bits per heavy atom. The number of fused-ring (bicyclic) bond motifs is 3. The molecule has 2 aromatic heterocycles. The maximum Gasteiger partial charge on any atom is 0.0749 e. The normalized spacial score (nSPS) is 37.2. The van der Waals surface area contributed by atoms with E-state index in [4.69, 9.17) is 0 Å². The van der Waals surface area contributed by atoms with Crippen molar-refractivity contribution in [1.82, 2.24) is 4.57 Å². The minimum Gasteiger partial charge on any atom is -0.353 e. The largest absolute Gasteiger partial charge is 0.353 e. The van der Waals surface area contributed by atoms with Gasteiger partial charge in [-0.05, 0) is 87.3 Å². The topological polar surface area (TPSA) is 8.17 Å². The first-order valence-electron chi connectivity index (χ1n) is 11.5. The van der Waals surface area contributed by atoms with Gasteiger partial charge in [-0.25, -0.2) is 0 Å². The van der Waals surface area contributed by atoms with E-state index in [1.807, 2.05) is 0 Å². The van der Waals surface area contributed by atoms with Crippen molar-refractivity contribution in [3.05, 3.63) is 52.5 Å². The molecule has 0 N–H and O–H groups in total. The maximum absolute atomic E-state index is 2.93. The van der Waals surface area contributed by atoms with E-state index in [1.165, 1.54) is 48.1 Å². The Morgan fingerprint density at radius 1 is 0.966 bits per heavy atom. The summed E-state index contributed by atoms with van der Waals surface area (Å²) in [5.41, 5.74) is 6.40. The average Bonchev–Trinajstić information content (AvgIpc) is 3.31. The Hall–Kier alpha value is -1.74. The van der Waals surface area contributed by atoms with Crippen LogP contribution in [0.5, 0.6) is 0 Å². The highest BCUT2D eigenvalue weighted by molar-refractivity contribution is 7.19. The second kappa shape index (κ2) is 5.49. The van der Waals surface area contributed by atoms with Crippen LogP contribution in [0.2, 0.25) is 0 Å². The first kappa shape index (κ1) is 17.0. The molecule has 29 heavy (non-hydrogen) atoms. The zero-order chi connectivity index (χ0) is 19.5. The van der Waals surface area contributed by atoms with Crippen LogP contribution in [-0.2, 0) is 12.6 Å². The van der Waals surface area contributed by atoms with Gasteiger partial charge in [0.25, 0.3) is 0 Å². The molecule has 4 saturated carbocycles. The zero-order valence-corrected chi connectivity index (χ0v) is 18.5. The van der Waals surface area contributed by atoms with Crippen molar-refractivity contribution in [2.75, 3.05) is 4.90 Å². The number of hydrogen-bond donors (Lipinski definition) is 0. The Balaban J connectivity index is 1.56. The van der Waals surface area contributed by atoms with Gasteiger partial charge in [0.1, 0.15) is 0 Å². The summed E-state index contributed by atoms with van der Waals surface area (Å²) in [7, 11) is 2.26. The third-order valence-electron chi connectivity index (χ3n) is 9.06. The fourth-order valence-corrected chi connectivity index (χ4v) is 9.71. The Labute approximate surface area is 177 Å². The monoisotopic (exact) mass is 402 g/mol. The molecule has 3 aromatic rings. The second-order valence-corrected chi connectivity index (χ2v) is 11.5. The summed E-state index contributed by atoms with van der Waals surface area (Å²) in [6.07, 6.45) is 9.59. The quantitative estimate of drug-likeness (QED) is 0.435. The molecule has 3 heteroatoms. The van der Waals surface area contributed by atoms with E-state index in [2.05, 4.69) is 78.2 Å². The van der Waals surface area contributed by atoms with Crippen LogP contribution >= 0.6 is 11.3 Å². The Morgan fingerprint density at radius 3 is 2.34 bits per heavy atom. The third-order valence-corrected chi connectivity index (χ3v) is 10.4. The summed E-state index contributed by atoms with van der Waals surface area (Å²) < 4.78 is 3.92. The van der Waals surface area contributed by atoms with E-state index >= 15 is 0 Å². The highest BCUT2D eigenvalue weighted by Gasteiger charge is 2.65. The van der Waals surface area contributed by atoms with Crippen molar-refractivity contribution in [2.24, 2.45) is 30.7 Å². The zero-order valence-electron chi connectivity index (χ0n) is 17.7. The lowest BCUT2D eigenvalue weighted by Gasteiger charge is -2.64. The average molecular weight is 403 g/mol. The van der Waals surface area contributed by atoms with Crippen LogP contribution in [0.4, 0.5) is 5.69 Å². The fourth-order valence-electron chi connectivity index (χ4n) is 8.36. The van der Waals surface area contributed by atoms with Crippen molar-refractivity contribution >= 4 is 27.2 Å². The fraction of sp³-hybridized carbons (Fsp3) is 0.538. The molecule has 0 radical (unpaired) electrons. The molecule has 2 nitrogen and oxygen atoms in total. The molecule has 8 rings (SSSR count). The maximum atomic E-state index is 2.93. The van der Waals surface area contributed by atoms with Crippen LogP contribution in [0.25, 0.3) is 10.2 Å². The van der Waals surface area contributed by atoms with Crippen LogP contribution in [0.15, 0.2) is 36.5 Å². The molecule has 1 atom stereocenters. The van der Waals surface area contributed by atoms with Gasteiger partial charge < -0.3 is 9.47 Å². The summed E-state index contributed by atoms with van der Waals surface area (Å²) >= 11 is 2.08. The molecule has 0 unspecified atom stereocenters. The Bertz CT molecular complexity index is 1110. The van der Waals surface area contributed by atoms with Gasteiger partial charge in [-0.15, -0.1) is 11.3 Å². The molecular formula is C26H30N2S. The summed E-state index contributed by atoms with van der Waals surface area (Å²) in [4.78, 5) is 4.59. The molecule has 1 spiro atoms. The van der Waals surface area contributed by atoms with E-state index < -0.39 is 0 Å². The van der Waals surface area contributed by atoms with Crippen LogP contribution in [0.1, 0.15) is 61.1 Å². The number of thiophene rings is 1. The van der Waals surface area contributed by atoms with Crippen LogP contribution in [0.3, 0.4) is 0 Å². The van der Waals surface area contributed by atoms with Gasteiger partial charge in [0.15, 0.2) is 0 Å². The van der Waals surface area contributed by atoms with Gasteiger partial charge in [-0.1, -0.05) is 18.2 Å². The first-order chi connectivity index (χ1) is 14.1. The second-order valence-electron chi connectivity index (χ2n) is 10.4. The van der Waals surface area contributed by atoms with Crippen molar-refractivity contribution in [3.8, 4) is 0 Å². The number of aryl methyl sites for hydroxylation is 2. The van der Waals surface area contributed by atoms with Crippen molar-refractivity contribution in [3.63, 3.8) is 0 Å². The van der Waals surface area contributed by atoms with Crippen molar-refractivity contribution in [1.29, 1.82) is 0 Å². The molecule has 4 bridgehead atoms. The summed E-state index contributed by atoms with van der Waals surface area (Å²) in [6, 6.07) is 12.0. The lowest BCUT2D eigenvalue weighted by molar-refractivity contribution is -0.0597. The van der Waals surface area contributed by atoms with Gasteiger partial charge >= 0.3 is 0 Å². The van der Waals surface area contributed by atoms with Crippen LogP contribution < -0.4 is 4.90 Å². The highest BCUT2D eigenvalue weighted by atomic mass is 32.1. The number of anilines is 1. The van der Waals surface area contributed by atoms with Gasteiger partial charge in [0.2, 0.25) is 0 Å². The highest BCUT2D eigenvalue weighted by Crippen LogP contribution is 2.70. The standard InChI is InChI=1S/C26H30N2S/c1-15-6-4-5-7-21(15)28-16(2)25-23(24-22(29-25)8-9-27(24)3)26(28)19-11-17-10-18(13-19)14-20(26)12-17/h4-9,16-20H,10-14H2,1-3H3/t16-,17?,18?,19?,20?,26?/m0/s1. The lowest BCUT2D eigenvalue weighted by Crippen LogP contribution is -2.62. The number of para-hydroxylation sites is 1. The predicted molar refractivity (Wildman–Crippen MR) is 122 cm³/mol. The molecule has 0 amide bonds. The molecular weight excluding hydrogens is 372 g/mol. The van der Waals surface area contributed by atoms with Crippen LogP contribution in [-0.4, -0.2) is 4.57 Å². The van der Waals surface area contributed by atoms with Crippen molar-refractivity contribution in [2.45, 2.75) is 57.5 Å². The minimum atomic E-state index is 0.207. The number of benzene rings is 1. The van der Waals surface area contributed by atoms with Gasteiger partial charge in [-0.3, -0.25) is 0 Å². The molecule has 1 aliphatic heterocycles. The molecule has 3 heterocycles. The first-order valence-corrected chi connectivity index (χ1v) is 12.3. The number of rotatable bonds is 1. The number of hydrogen-bond acceptors (Lipinski definition) is 2. The van der Waals surface area contributed by atoms with Crippen LogP contribution in [0, 0.1) is 30.6 Å². The molecule has 0 saturated heterocycles. The minimum absolute atomic E-state index is 0.207. The van der Waals surface area contributed by atoms with Gasteiger partial charge in [0, 0.05) is 29.4 Å². The molecule has 150 valence electrons. The lowest BCUT2D eigenvalue weighted by atomic mass is 9.47. The Kier molecular flexibility index (Phi) is 3.22. The molecule has 1 aromatic carbocycles.